The molecule has 1 aliphatic rings. The fourth-order valence-electron chi connectivity index (χ4n) is 2.55. The molecule has 0 aliphatic carbocycles. The number of nitrogens with zero attached hydrogens (tertiary/aromatic N) is 2. The zero-order chi connectivity index (χ0) is 13.2. The van der Waals surface area contributed by atoms with Crippen LogP contribution >= 0.6 is 0 Å². The molecule has 1 atom stereocenters. The van der Waals surface area contributed by atoms with Gasteiger partial charge in [-0.05, 0) is 37.3 Å². The Morgan fingerprint density at radius 1 is 1.05 bits per heavy atom. The third kappa shape index (κ3) is 2.65. The Hall–Kier alpha value is -1.57. The van der Waals surface area contributed by atoms with E-state index >= 15 is 0 Å². The van der Waals surface area contributed by atoms with Gasteiger partial charge in [0, 0.05) is 25.8 Å². The molecule has 0 aromatic heterocycles. The molecule has 0 N–H and O–H groups in total. The van der Waals surface area contributed by atoms with Gasteiger partial charge in [0.15, 0.2) is 0 Å². The molecule has 3 heteroatoms. The van der Waals surface area contributed by atoms with Crippen molar-refractivity contribution in [1.29, 1.82) is 0 Å². The average Bonchev–Trinajstić information content (AvgIpc) is 2.89. The van der Waals surface area contributed by atoms with Crippen molar-refractivity contribution >= 4 is 5.69 Å². The Kier molecular flexibility index (Phi) is 4.64. The Labute approximate surface area is 133 Å². The fraction of sp³-hybridized carbons (Fsp3) is 0.176. The number of para-hydroxylation sites is 1. The molecular weight excluding hydrogens is 424 g/mol. The van der Waals surface area contributed by atoms with Gasteiger partial charge in [0.2, 0.25) is 0 Å². The van der Waals surface area contributed by atoms with Crippen LogP contribution < -0.4 is 4.90 Å². The van der Waals surface area contributed by atoms with E-state index in [0.717, 1.165) is 5.56 Å². The summed E-state index contributed by atoms with van der Waals surface area (Å²) < 4.78 is 0. The van der Waals surface area contributed by atoms with Crippen molar-refractivity contribution in [3.8, 4) is 0 Å². The number of anilines is 1. The molecule has 2 nitrogen and oxygen atoms in total. The number of aryl methyl sites for hydroxylation is 2. The van der Waals surface area contributed by atoms with Crippen molar-refractivity contribution in [2.75, 3.05) is 4.90 Å². The van der Waals surface area contributed by atoms with E-state index in [9.17, 15) is 0 Å². The molecule has 1 aliphatic heterocycles. The Bertz CT molecular complexity index is 587. The molecule has 0 fully saturated rings. The van der Waals surface area contributed by atoms with Crippen LogP contribution in [0.1, 0.15) is 22.9 Å². The maximum absolute atomic E-state index is 4.56. The van der Waals surface area contributed by atoms with Gasteiger partial charge in [-0.25, -0.2) is 0 Å². The molecule has 1 unspecified atom stereocenters. The van der Waals surface area contributed by atoms with E-state index in [-0.39, 0.29) is 26.3 Å². The molecule has 0 saturated heterocycles. The SMILES string of the molecule is Cc1cccc(C)c1N1C=C[N-]C1c1[c-]cccc1.[Ir]. The van der Waals surface area contributed by atoms with E-state index in [1.54, 1.807) is 0 Å². The van der Waals surface area contributed by atoms with Gasteiger partial charge in [0.05, 0.1) is 0 Å². The summed E-state index contributed by atoms with van der Waals surface area (Å²) in [6.45, 7) is 4.28. The van der Waals surface area contributed by atoms with E-state index in [4.69, 9.17) is 0 Å². The second-order valence-corrected chi connectivity index (χ2v) is 4.79. The van der Waals surface area contributed by atoms with E-state index < -0.39 is 0 Å². The predicted molar refractivity (Wildman–Crippen MR) is 78.9 cm³/mol. The van der Waals surface area contributed by atoms with Crippen LogP contribution in [0.15, 0.2) is 54.9 Å². The molecule has 20 heavy (non-hydrogen) atoms. The first-order chi connectivity index (χ1) is 9.27. The maximum atomic E-state index is 4.56. The number of hydrogen-bond acceptors (Lipinski definition) is 1. The summed E-state index contributed by atoms with van der Waals surface area (Å²) in [5.41, 5.74) is 4.86. The van der Waals surface area contributed by atoms with Crippen molar-refractivity contribution in [2.24, 2.45) is 0 Å². The Balaban J connectivity index is 0.00000147. The number of benzene rings is 2. The van der Waals surface area contributed by atoms with Gasteiger partial charge >= 0.3 is 0 Å². The first-order valence-corrected chi connectivity index (χ1v) is 6.45. The average molecular weight is 441 g/mol. The predicted octanol–water partition coefficient (Wildman–Crippen LogP) is 4.46. The molecule has 105 valence electrons. The molecule has 2 aromatic rings. The quantitative estimate of drug-likeness (QED) is 0.630. The van der Waals surface area contributed by atoms with Crippen LogP contribution in [-0.4, -0.2) is 0 Å². The van der Waals surface area contributed by atoms with Gasteiger partial charge in [0.25, 0.3) is 0 Å². The van der Waals surface area contributed by atoms with Crippen LogP contribution in [0.3, 0.4) is 0 Å². The van der Waals surface area contributed by atoms with Gasteiger partial charge < -0.3 is 10.2 Å². The van der Waals surface area contributed by atoms with Crippen LogP contribution in [-0.2, 0) is 20.1 Å². The molecule has 0 saturated carbocycles. The van der Waals surface area contributed by atoms with Crippen LogP contribution in [0, 0.1) is 19.9 Å². The van der Waals surface area contributed by atoms with Gasteiger partial charge in [-0.3, -0.25) is 0 Å². The van der Waals surface area contributed by atoms with E-state index in [1.807, 2.05) is 30.6 Å². The minimum atomic E-state index is 0. The molecule has 1 radical (unpaired) electrons. The van der Waals surface area contributed by atoms with Crippen molar-refractivity contribution in [1.82, 2.24) is 0 Å². The number of rotatable bonds is 2. The van der Waals surface area contributed by atoms with E-state index in [1.165, 1.54) is 16.8 Å². The van der Waals surface area contributed by atoms with Crippen LogP contribution in [0.5, 0.6) is 0 Å². The first-order valence-electron chi connectivity index (χ1n) is 6.45. The van der Waals surface area contributed by atoms with Crippen molar-refractivity contribution in [3.63, 3.8) is 0 Å². The standard InChI is InChI=1S/C17H16N2.Ir/c1-13-7-6-8-14(2)16(13)19-12-11-18-17(19)15-9-4-3-5-10-15;/h3-9,11-12,17H,1-2H3;/q-2;. The fourth-order valence-corrected chi connectivity index (χ4v) is 2.55. The summed E-state index contributed by atoms with van der Waals surface area (Å²) in [5, 5.41) is 4.56. The van der Waals surface area contributed by atoms with Gasteiger partial charge in [0.1, 0.15) is 0 Å². The Morgan fingerprint density at radius 2 is 1.80 bits per heavy atom. The number of hydrogen-bond donors (Lipinski definition) is 0. The van der Waals surface area contributed by atoms with Crippen molar-refractivity contribution in [3.05, 3.63) is 82.9 Å². The maximum Gasteiger partial charge on any atom is 0.0455 e. The van der Waals surface area contributed by atoms with Crippen LogP contribution in [0.2, 0.25) is 0 Å². The summed E-state index contributed by atoms with van der Waals surface area (Å²) >= 11 is 0. The molecule has 0 spiro atoms. The molecule has 0 bridgehead atoms. The van der Waals surface area contributed by atoms with Crippen molar-refractivity contribution in [2.45, 2.75) is 20.0 Å². The van der Waals surface area contributed by atoms with E-state index in [2.05, 4.69) is 54.4 Å². The summed E-state index contributed by atoms with van der Waals surface area (Å²) in [6.07, 6.45) is 3.92. The summed E-state index contributed by atoms with van der Waals surface area (Å²) in [6, 6.07) is 17.7. The summed E-state index contributed by atoms with van der Waals surface area (Å²) in [5.74, 6) is 0. The largest absolute Gasteiger partial charge is 0.668 e. The molecule has 0 amide bonds. The second kappa shape index (κ2) is 6.25. The molecule has 3 rings (SSSR count). The molecule has 1 heterocycles. The third-order valence-corrected chi connectivity index (χ3v) is 3.43. The third-order valence-electron chi connectivity index (χ3n) is 3.43. The van der Waals surface area contributed by atoms with Gasteiger partial charge in [-0.2, -0.15) is 42.1 Å². The normalized spacial score (nSPS) is 16.7. The van der Waals surface area contributed by atoms with Crippen LogP contribution in [0.4, 0.5) is 5.69 Å². The minimum Gasteiger partial charge on any atom is -0.668 e. The molecular formula is C17H16IrN2-2. The zero-order valence-corrected chi connectivity index (χ0v) is 13.9. The monoisotopic (exact) mass is 441 g/mol. The zero-order valence-electron chi connectivity index (χ0n) is 11.5. The summed E-state index contributed by atoms with van der Waals surface area (Å²) in [4.78, 5) is 2.22. The minimum absolute atomic E-state index is 0. The van der Waals surface area contributed by atoms with Gasteiger partial charge in [-0.15, -0.1) is 0 Å². The smallest absolute Gasteiger partial charge is 0.0455 e. The van der Waals surface area contributed by atoms with Crippen molar-refractivity contribution < 1.29 is 20.1 Å². The van der Waals surface area contributed by atoms with Gasteiger partial charge in [-0.1, -0.05) is 18.2 Å². The Morgan fingerprint density at radius 3 is 2.45 bits per heavy atom. The topological polar surface area (TPSA) is 17.3 Å². The molecule has 2 aromatic carbocycles. The van der Waals surface area contributed by atoms with Crippen LogP contribution in [0.25, 0.3) is 5.32 Å². The second-order valence-electron chi connectivity index (χ2n) is 4.79. The van der Waals surface area contributed by atoms with E-state index in [0.29, 0.717) is 0 Å². The summed E-state index contributed by atoms with van der Waals surface area (Å²) in [7, 11) is 0. The first kappa shape index (κ1) is 14.8.